The van der Waals surface area contributed by atoms with Gasteiger partial charge in [-0.05, 0) is 20.4 Å². The van der Waals surface area contributed by atoms with Gasteiger partial charge < -0.3 is 5.32 Å². The highest BCUT2D eigenvalue weighted by Crippen LogP contribution is 2.25. The van der Waals surface area contributed by atoms with Crippen molar-refractivity contribution in [3.63, 3.8) is 0 Å². The quantitative estimate of drug-likeness (QED) is 0.695. The summed E-state index contributed by atoms with van der Waals surface area (Å²) in [7, 11) is 1.88. The molecule has 3 atom stereocenters. The second-order valence-electron chi connectivity index (χ2n) is 4.38. The van der Waals surface area contributed by atoms with Crippen LogP contribution in [0.2, 0.25) is 0 Å². The third-order valence-electron chi connectivity index (χ3n) is 3.34. The highest BCUT2D eigenvalue weighted by Gasteiger charge is 2.41. The van der Waals surface area contributed by atoms with E-state index in [0.717, 1.165) is 6.42 Å². The van der Waals surface area contributed by atoms with Gasteiger partial charge >= 0.3 is 0 Å². The van der Waals surface area contributed by atoms with Crippen LogP contribution in [0.15, 0.2) is 0 Å². The van der Waals surface area contributed by atoms with Crippen LogP contribution in [-0.2, 0) is 9.59 Å². The average molecular weight is 212 g/mol. The molecular weight excluding hydrogens is 192 g/mol. The zero-order chi connectivity index (χ0) is 11.6. The van der Waals surface area contributed by atoms with Gasteiger partial charge in [0.2, 0.25) is 11.8 Å². The van der Waals surface area contributed by atoms with Crippen LogP contribution in [0, 0.1) is 11.8 Å². The molecule has 1 fully saturated rings. The van der Waals surface area contributed by atoms with Crippen molar-refractivity contribution in [1.82, 2.24) is 10.2 Å². The smallest absolute Gasteiger partial charge is 0.232 e. The fourth-order valence-corrected chi connectivity index (χ4v) is 1.72. The second-order valence-corrected chi connectivity index (χ2v) is 4.38. The number of hydrogen-bond acceptors (Lipinski definition) is 3. The molecule has 2 amide bonds. The van der Waals surface area contributed by atoms with Crippen molar-refractivity contribution in [2.75, 3.05) is 13.6 Å². The molecule has 1 aliphatic rings. The first-order valence-corrected chi connectivity index (χ1v) is 5.51. The van der Waals surface area contributed by atoms with Gasteiger partial charge in [0.15, 0.2) is 0 Å². The lowest BCUT2D eigenvalue weighted by molar-refractivity contribution is -0.139. The molecular formula is C11H20N2O2. The minimum Gasteiger partial charge on any atom is -0.317 e. The summed E-state index contributed by atoms with van der Waals surface area (Å²) in [6.45, 7) is 6.23. The highest BCUT2D eigenvalue weighted by atomic mass is 16.2. The molecule has 0 aromatic rings. The Balaban J connectivity index is 2.55. The molecule has 0 aliphatic carbocycles. The molecule has 1 heterocycles. The van der Waals surface area contributed by atoms with E-state index in [1.54, 1.807) is 0 Å². The zero-order valence-electron chi connectivity index (χ0n) is 9.91. The summed E-state index contributed by atoms with van der Waals surface area (Å²) < 4.78 is 0. The monoisotopic (exact) mass is 212 g/mol. The maximum Gasteiger partial charge on any atom is 0.232 e. The molecule has 4 heteroatoms. The molecule has 1 N–H and O–H groups in total. The van der Waals surface area contributed by atoms with E-state index in [9.17, 15) is 9.59 Å². The summed E-state index contributed by atoms with van der Waals surface area (Å²) in [5, 5.41) is 3.09. The molecule has 1 aliphatic heterocycles. The number of carbonyl (C=O) groups excluding carboxylic acids is 2. The Morgan fingerprint density at radius 1 is 1.27 bits per heavy atom. The summed E-state index contributed by atoms with van der Waals surface area (Å²) in [6.07, 6.45) is 0.813. The SMILES string of the molecule is CNC(C)CCN1C(=O)C(C)C(C)C1=O. The molecule has 0 saturated carbocycles. The van der Waals surface area contributed by atoms with Crippen LogP contribution in [0.4, 0.5) is 0 Å². The van der Waals surface area contributed by atoms with Crippen LogP contribution in [0.3, 0.4) is 0 Å². The number of nitrogens with one attached hydrogen (secondary N) is 1. The van der Waals surface area contributed by atoms with Gasteiger partial charge in [0.1, 0.15) is 0 Å². The lowest BCUT2D eigenvalue weighted by Crippen LogP contribution is -2.35. The number of amides is 2. The molecule has 3 unspecified atom stereocenters. The molecule has 0 bridgehead atoms. The van der Waals surface area contributed by atoms with Crippen LogP contribution >= 0.6 is 0 Å². The first-order chi connectivity index (χ1) is 6.99. The molecule has 1 rings (SSSR count). The normalized spacial score (nSPS) is 28.7. The van der Waals surface area contributed by atoms with Crippen LogP contribution < -0.4 is 5.32 Å². The molecule has 0 aromatic heterocycles. The van der Waals surface area contributed by atoms with Crippen LogP contribution in [-0.4, -0.2) is 36.3 Å². The van der Waals surface area contributed by atoms with Crippen molar-refractivity contribution >= 4 is 11.8 Å². The van der Waals surface area contributed by atoms with Gasteiger partial charge in [0, 0.05) is 24.4 Å². The molecule has 86 valence electrons. The third kappa shape index (κ3) is 2.37. The van der Waals surface area contributed by atoms with E-state index >= 15 is 0 Å². The van der Waals surface area contributed by atoms with Crippen LogP contribution in [0.25, 0.3) is 0 Å². The summed E-state index contributed by atoms with van der Waals surface area (Å²) >= 11 is 0. The van der Waals surface area contributed by atoms with Crippen molar-refractivity contribution in [2.45, 2.75) is 33.2 Å². The largest absolute Gasteiger partial charge is 0.317 e. The van der Waals surface area contributed by atoms with Crippen molar-refractivity contribution < 1.29 is 9.59 Å². The molecule has 4 nitrogen and oxygen atoms in total. The number of rotatable bonds is 4. The standard InChI is InChI=1S/C11H20N2O2/c1-7(12-4)5-6-13-10(14)8(2)9(3)11(13)15/h7-9,12H,5-6H2,1-4H3. The fourth-order valence-electron chi connectivity index (χ4n) is 1.72. The Kier molecular flexibility index (Phi) is 3.85. The third-order valence-corrected chi connectivity index (χ3v) is 3.34. The first kappa shape index (κ1) is 12.2. The molecule has 0 aromatic carbocycles. The predicted octanol–water partition coefficient (Wildman–Crippen LogP) is 0.625. The minimum atomic E-state index is -0.151. The Bertz CT molecular complexity index is 245. The van der Waals surface area contributed by atoms with Gasteiger partial charge in [-0.3, -0.25) is 14.5 Å². The number of nitrogens with zero attached hydrogens (tertiary/aromatic N) is 1. The van der Waals surface area contributed by atoms with Crippen molar-refractivity contribution in [3.8, 4) is 0 Å². The van der Waals surface area contributed by atoms with Gasteiger partial charge in [-0.15, -0.1) is 0 Å². The maximum atomic E-state index is 11.7. The van der Waals surface area contributed by atoms with Gasteiger partial charge in [-0.1, -0.05) is 13.8 Å². The molecule has 15 heavy (non-hydrogen) atoms. The van der Waals surface area contributed by atoms with Gasteiger partial charge in [-0.25, -0.2) is 0 Å². The lowest BCUT2D eigenvalue weighted by Gasteiger charge is -2.17. The minimum absolute atomic E-state index is 0.0178. The molecule has 1 saturated heterocycles. The number of imide groups is 1. The topological polar surface area (TPSA) is 49.4 Å². The van der Waals surface area contributed by atoms with Gasteiger partial charge in [0.05, 0.1) is 0 Å². The number of carbonyl (C=O) groups is 2. The van der Waals surface area contributed by atoms with Crippen molar-refractivity contribution in [3.05, 3.63) is 0 Å². The zero-order valence-corrected chi connectivity index (χ0v) is 9.91. The summed E-state index contributed by atoms with van der Waals surface area (Å²) in [6, 6.07) is 0.330. The van der Waals surface area contributed by atoms with E-state index < -0.39 is 0 Å². The highest BCUT2D eigenvalue weighted by molar-refractivity contribution is 6.04. The van der Waals surface area contributed by atoms with E-state index in [1.165, 1.54) is 4.90 Å². The summed E-state index contributed by atoms with van der Waals surface area (Å²) in [5.41, 5.74) is 0. The van der Waals surface area contributed by atoms with Gasteiger partial charge in [-0.2, -0.15) is 0 Å². The molecule has 0 radical (unpaired) electrons. The number of hydrogen-bond donors (Lipinski definition) is 1. The first-order valence-electron chi connectivity index (χ1n) is 5.51. The molecule has 0 spiro atoms. The maximum absolute atomic E-state index is 11.7. The van der Waals surface area contributed by atoms with Crippen molar-refractivity contribution in [2.24, 2.45) is 11.8 Å². The summed E-state index contributed by atoms with van der Waals surface area (Å²) in [4.78, 5) is 24.8. The van der Waals surface area contributed by atoms with Gasteiger partial charge in [0.25, 0.3) is 0 Å². The van der Waals surface area contributed by atoms with E-state index in [-0.39, 0.29) is 23.7 Å². The van der Waals surface area contributed by atoms with Crippen LogP contribution in [0.1, 0.15) is 27.2 Å². The fraction of sp³-hybridized carbons (Fsp3) is 0.818. The lowest BCUT2D eigenvalue weighted by atomic mass is 10.00. The van der Waals surface area contributed by atoms with E-state index in [1.807, 2.05) is 27.8 Å². The van der Waals surface area contributed by atoms with E-state index in [2.05, 4.69) is 5.32 Å². The average Bonchev–Trinajstić information content (AvgIpc) is 2.41. The predicted molar refractivity (Wildman–Crippen MR) is 58.2 cm³/mol. The number of likely N-dealkylation sites (tertiary alicyclic amines) is 1. The van der Waals surface area contributed by atoms with Crippen LogP contribution in [0.5, 0.6) is 0 Å². The second kappa shape index (κ2) is 4.75. The Morgan fingerprint density at radius 3 is 2.13 bits per heavy atom. The summed E-state index contributed by atoms with van der Waals surface area (Å²) in [5.74, 6) is -0.337. The van der Waals surface area contributed by atoms with E-state index in [0.29, 0.717) is 12.6 Å². The van der Waals surface area contributed by atoms with E-state index in [4.69, 9.17) is 0 Å². The Hall–Kier alpha value is -0.900. The Labute approximate surface area is 91.0 Å². The Morgan fingerprint density at radius 2 is 1.73 bits per heavy atom. The van der Waals surface area contributed by atoms with Crippen molar-refractivity contribution in [1.29, 1.82) is 0 Å².